The Bertz CT molecular complexity index is 471. The molecule has 0 aromatic carbocycles. The van der Waals surface area contributed by atoms with Crippen molar-refractivity contribution in [2.24, 2.45) is 10.9 Å². The monoisotopic (exact) mass is 446 g/mol. The molecule has 0 saturated carbocycles. The summed E-state index contributed by atoms with van der Waals surface area (Å²) in [7, 11) is 0. The van der Waals surface area contributed by atoms with Crippen molar-refractivity contribution in [2.45, 2.75) is 33.6 Å². The minimum Gasteiger partial charge on any atom is -0.357 e. The van der Waals surface area contributed by atoms with E-state index in [1.54, 1.807) is 12.4 Å². The minimum absolute atomic E-state index is 0. The Kier molecular flexibility index (Phi) is 9.97. The summed E-state index contributed by atoms with van der Waals surface area (Å²) in [5.74, 6) is 2.62. The molecule has 0 radical (unpaired) electrons. The first kappa shape index (κ1) is 20.9. The van der Waals surface area contributed by atoms with Crippen LogP contribution in [-0.2, 0) is 0 Å². The Morgan fingerprint density at radius 2 is 1.88 bits per heavy atom. The second kappa shape index (κ2) is 11.4. The molecule has 24 heavy (non-hydrogen) atoms. The molecule has 0 spiro atoms. The zero-order valence-electron chi connectivity index (χ0n) is 15.1. The number of hydrogen-bond acceptors (Lipinski definition) is 4. The molecular formula is C17H31IN6. The Hall–Kier alpha value is -1.12. The van der Waals surface area contributed by atoms with Crippen LogP contribution >= 0.6 is 24.0 Å². The fraction of sp³-hybridized carbons (Fsp3) is 0.706. The van der Waals surface area contributed by atoms with Crippen LogP contribution in [0.4, 0.5) is 5.95 Å². The Morgan fingerprint density at radius 3 is 2.46 bits per heavy atom. The van der Waals surface area contributed by atoms with Crippen molar-refractivity contribution in [2.75, 3.05) is 44.2 Å². The average molecular weight is 446 g/mol. The molecule has 2 rings (SSSR count). The highest BCUT2D eigenvalue weighted by molar-refractivity contribution is 14.0. The maximum Gasteiger partial charge on any atom is 0.225 e. The van der Waals surface area contributed by atoms with E-state index >= 15 is 0 Å². The maximum absolute atomic E-state index is 4.79. The lowest BCUT2D eigenvalue weighted by Crippen LogP contribution is -2.53. The van der Waals surface area contributed by atoms with Gasteiger partial charge in [-0.25, -0.2) is 9.97 Å². The molecule has 0 unspecified atom stereocenters. The predicted molar refractivity (Wildman–Crippen MR) is 111 cm³/mol. The van der Waals surface area contributed by atoms with Crippen LogP contribution in [0.25, 0.3) is 0 Å². The summed E-state index contributed by atoms with van der Waals surface area (Å²) in [5.41, 5.74) is 0. The molecule has 1 aliphatic heterocycles. The number of piperazine rings is 1. The second-order valence-electron chi connectivity index (χ2n) is 6.29. The van der Waals surface area contributed by atoms with E-state index in [9.17, 15) is 0 Å². The summed E-state index contributed by atoms with van der Waals surface area (Å²) >= 11 is 0. The number of aliphatic imine (C=N–C) groups is 1. The number of halogens is 1. The number of nitrogens with zero attached hydrogens (tertiary/aromatic N) is 5. The summed E-state index contributed by atoms with van der Waals surface area (Å²) in [4.78, 5) is 18.0. The lowest BCUT2D eigenvalue weighted by atomic mass is 10.1. The van der Waals surface area contributed by atoms with Crippen molar-refractivity contribution in [3.63, 3.8) is 0 Å². The van der Waals surface area contributed by atoms with Gasteiger partial charge in [0.2, 0.25) is 5.95 Å². The van der Waals surface area contributed by atoms with Crippen molar-refractivity contribution >= 4 is 35.9 Å². The van der Waals surface area contributed by atoms with E-state index in [0.717, 1.165) is 63.5 Å². The van der Waals surface area contributed by atoms with Gasteiger partial charge in [0.05, 0.1) is 0 Å². The van der Waals surface area contributed by atoms with Crippen LogP contribution in [0.2, 0.25) is 0 Å². The average Bonchev–Trinajstić information content (AvgIpc) is 2.58. The smallest absolute Gasteiger partial charge is 0.225 e. The normalized spacial score (nSPS) is 15.4. The maximum atomic E-state index is 4.79. The van der Waals surface area contributed by atoms with Gasteiger partial charge in [-0.2, -0.15) is 0 Å². The van der Waals surface area contributed by atoms with E-state index in [2.05, 4.69) is 45.9 Å². The fourth-order valence-electron chi connectivity index (χ4n) is 2.68. The van der Waals surface area contributed by atoms with Crippen LogP contribution in [0, 0.1) is 5.92 Å². The van der Waals surface area contributed by atoms with Gasteiger partial charge >= 0.3 is 0 Å². The third-order valence-corrected chi connectivity index (χ3v) is 3.95. The van der Waals surface area contributed by atoms with E-state index < -0.39 is 0 Å². The fourth-order valence-corrected chi connectivity index (χ4v) is 2.68. The number of anilines is 1. The van der Waals surface area contributed by atoms with Gasteiger partial charge in [0.1, 0.15) is 0 Å². The topological polar surface area (TPSA) is 56.7 Å². The molecular weight excluding hydrogens is 415 g/mol. The molecule has 0 atom stereocenters. The Balaban J connectivity index is 0.00000288. The molecule has 1 saturated heterocycles. The zero-order chi connectivity index (χ0) is 16.5. The number of rotatable bonds is 6. The standard InChI is InChI=1S/C17H30N6.HI/c1-4-18-16(19-8-5-7-15(2)3)22-11-13-23(14-12-22)17-20-9-6-10-21-17;/h6,9-10,15H,4-5,7-8,11-14H2,1-3H3,(H,18,19);1H. The minimum atomic E-state index is 0. The highest BCUT2D eigenvalue weighted by Crippen LogP contribution is 2.10. The Morgan fingerprint density at radius 1 is 1.21 bits per heavy atom. The molecule has 0 aliphatic carbocycles. The molecule has 6 nitrogen and oxygen atoms in total. The molecule has 1 aromatic heterocycles. The number of aromatic nitrogens is 2. The Labute approximate surface area is 163 Å². The molecule has 7 heteroatoms. The van der Waals surface area contributed by atoms with Gasteiger partial charge in [0.15, 0.2) is 5.96 Å². The van der Waals surface area contributed by atoms with Gasteiger partial charge in [-0.3, -0.25) is 4.99 Å². The van der Waals surface area contributed by atoms with Crippen LogP contribution in [0.15, 0.2) is 23.5 Å². The van der Waals surface area contributed by atoms with Crippen molar-refractivity contribution in [1.82, 2.24) is 20.2 Å². The lowest BCUT2D eigenvalue weighted by Gasteiger charge is -2.36. The van der Waals surface area contributed by atoms with E-state index in [0.29, 0.717) is 0 Å². The van der Waals surface area contributed by atoms with Gasteiger partial charge in [0, 0.05) is 51.7 Å². The first-order valence-corrected chi connectivity index (χ1v) is 8.76. The molecule has 1 aromatic rings. The zero-order valence-corrected chi connectivity index (χ0v) is 17.4. The van der Waals surface area contributed by atoms with Crippen molar-refractivity contribution < 1.29 is 0 Å². The second-order valence-corrected chi connectivity index (χ2v) is 6.29. The van der Waals surface area contributed by atoms with Crippen molar-refractivity contribution in [3.8, 4) is 0 Å². The predicted octanol–water partition coefficient (Wildman–Crippen LogP) is 2.62. The van der Waals surface area contributed by atoms with E-state index in [-0.39, 0.29) is 24.0 Å². The third kappa shape index (κ3) is 6.78. The number of nitrogens with one attached hydrogen (secondary N) is 1. The van der Waals surface area contributed by atoms with E-state index in [1.807, 2.05) is 6.07 Å². The van der Waals surface area contributed by atoms with Gasteiger partial charge in [-0.15, -0.1) is 24.0 Å². The molecule has 0 amide bonds. The molecule has 1 N–H and O–H groups in total. The van der Waals surface area contributed by atoms with Crippen LogP contribution in [0.5, 0.6) is 0 Å². The van der Waals surface area contributed by atoms with E-state index in [4.69, 9.17) is 4.99 Å². The first-order chi connectivity index (χ1) is 11.2. The first-order valence-electron chi connectivity index (χ1n) is 8.76. The summed E-state index contributed by atoms with van der Waals surface area (Å²) < 4.78 is 0. The van der Waals surface area contributed by atoms with Crippen LogP contribution in [0.3, 0.4) is 0 Å². The van der Waals surface area contributed by atoms with Gasteiger partial charge < -0.3 is 15.1 Å². The molecule has 2 heterocycles. The molecule has 0 bridgehead atoms. The largest absolute Gasteiger partial charge is 0.357 e. The van der Waals surface area contributed by atoms with Crippen LogP contribution < -0.4 is 10.2 Å². The van der Waals surface area contributed by atoms with E-state index in [1.165, 1.54) is 6.42 Å². The summed E-state index contributed by atoms with van der Waals surface area (Å²) in [5, 5.41) is 3.42. The quantitative estimate of drug-likeness (QED) is 0.315. The number of hydrogen-bond donors (Lipinski definition) is 1. The highest BCUT2D eigenvalue weighted by Gasteiger charge is 2.20. The van der Waals surface area contributed by atoms with Gasteiger partial charge in [0.25, 0.3) is 0 Å². The number of guanidine groups is 1. The lowest BCUT2D eigenvalue weighted by molar-refractivity contribution is 0.370. The molecule has 1 aliphatic rings. The van der Waals surface area contributed by atoms with Crippen LogP contribution in [-0.4, -0.2) is 60.1 Å². The summed E-state index contributed by atoms with van der Waals surface area (Å²) in [6.45, 7) is 12.2. The summed E-state index contributed by atoms with van der Waals surface area (Å²) in [6.07, 6.45) is 6.00. The molecule has 136 valence electrons. The van der Waals surface area contributed by atoms with Crippen molar-refractivity contribution in [3.05, 3.63) is 18.5 Å². The summed E-state index contributed by atoms with van der Waals surface area (Å²) in [6, 6.07) is 1.85. The SMILES string of the molecule is CCNC(=NCCCC(C)C)N1CCN(c2ncccn2)CC1.I. The third-order valence-electron chi connectivity index (χ3n) is 3.95. The highest BCUT2D eigenvalue weighted by atomic mass is 127. The van der Waals surface area contributed by atoms with Gasteiger partial charge in [-0.1, -0.05) is 13.8 Å². The van der Waals surface area contributed by atoms with Crippen molar-refractivity contribution in [1.29, 1.82) is 0 Å². The molecule has 1 fully saturated rings. The van der Waals surface area contributed by atoms with Crippen LogP contribution in [0.1, 0.15) is 33.6 Å². The van der Waals surface area contributed by atoms with Gasteiger partial charge in [-0.05, 0) is 31.7 Å².